The first kappa shape index (κ1) is 18.5. The number of amides is 1. The van der Waals surface area contributed by atoms with Crippen LogP contribution in [0.2, 0.25) is 5.02 Å². The van der Waals surface area contributed by atoms with Gasteiger partial charge >= 0.3 is 0 Å². The van der Waals surface area contributed by atoms with Gasteiger partial charge in [-0.3, -0.25) is 14.6 Å². The Morgan fingerprint density at radius 3 is 2.60 bits per heavy atom. The van der Waals surface area contributed by atoms with Crippen molar-refractivity contribution in [1.29, 1.82) is 0 Å². The Bertz CT molecular complexity index is 585. The Labute approximate surface area is 153 Å². The average molecular weight is 368 g/mol. The predicted octanol–water partition coefficient (Wildman–Crippen LogP) is 1.50. The molecule has 2 aliphatic rings. The van der Waals surface area contributed by atoms with E-state index < -0.39 is 5.91 Å². The summed E-state index contributed by atoms with van der Waals surface area (Å²) in [6.45, 7) is 6.85. The van der Waals surface area contributed by atoms with E-state index in [-0.39, 0.29) is 6.61 Å². The predicted molar refractivity (Wildman–Crippen MR) is 96.8 cm³/mol. The molecule has 2 N–H and O–H groups in total. The lowest BCUT2D eigenvalue weighted by atomic mass is 10.1. The third kappa shape index (κ3) is 5.31. The van der Waals surface area contributed by atoms with Crippen molar-refractivity contribution in [3.8, 4) is 5.75 Å². The molecule has 0 saturated carbocycles. The monoisotopic (exact) mass is 367 g/mol. The number of piperazine rings is 1. The molecule has 2 aliphatic heterocycles. The van der Waals surface area contributed by atoms with Crippen molar-refractivity contribution in [2.45, 2.75) is 25.4 Å². The number of carbonyl (C=O) groups is 1. The highest BCUT2D eigenvalue weighted by Crippen LogP contribution is 2.26. The summed E-state index contributed by atoms with van der Waals surface area (Å²) in [6.07, 6.45) is 2.31. The highest BCUT2D eigenvalue weighted by Gasteiger charge is 2.25. The first-order chi connectivity index (χ1) is 12.1. The maximum absolute atomic E-state index is 10.8. The Morgan fingerprint density at radius 1 is 1.24 bits per heavy atom. The van der Waals surface area contributed by atoms with Crippen molar-refractivity contribution in [1.82, 2.24) is 9.80 Å². The standard InChI is InChI=1S/C18H26ClN3O3/c19-16-11-14(1-2-17(16)25-13-18(20)23)12-21-5-7-22(8-6-21)15-3-9-24-10-4-15/h1-2,11,15H,3-10,12-13H2,(H2,20,23). The van der Waals surface area contributed by atoms with Crippen LogP contribution in [0.15, 0.2) is 18.2 Å². The molecule has 25 heavy (non-hydrogen) atoms. The van der Waals surface area contributed by atoms with E-state index in [0.29, 0.717) is 16.8 Å². The molecule has 0 bridgehead atoms. The number of benzene rings is 1. The van der Waals surface area contributed by atoms with Crippen molar-refractivity contribution < 1.29 is 14.3 Å². The second-order valence-electron chi connectivity index (χ2n) is 6.68. The minimum absolute atomic E-state index is 0.159. The van der Waals surface area contributed by atoms with Crippen LogP contribution in [0.1, 0.15) is 18.4 Å². The molecule has 1 aromatic carbocycles. The van der Waals surface area contributed by atoms with Gasteiger partial charge in [0.05, 0.1) is 5.02 Å². The van der Waals surface area contributed by atoms with Gasteiger partial charge in [0.25, 0.3) is 5.91 Å². The van der Waals surface area contributed by atoms with Gasteiger partial charge in [0.2, 0.25) is 0 Å². The first-order valence-electron chi connectivity index (χ1n) is 8.85. The van der Waals surface area contributed by atoms with Crippen LogP contribution in [0.3, 0.4) is 0 Å². The summed E-state index contributed by atoms with van der Waals surface area (Å²) >= 11 is 6.24. The van der Waals surface area contributed by atoms with Crippen molar-refractivity contribution in [2.75, 3.05) is 46.0 Å². The van der Waals surface area contributed by atoms with Gasteiger partial charge in [0.1, 0.15) is 5.75 Å². The zero-order chi connectivity index (χ0) is 17.6. The van der Waals surface area contributed by atoms with Gasteiger partial charge in [-0.1, -0.05) is 17.7 Å². The van der Waals surface area contributed by atoms with Crippen LogP contribution in [0, 0.1) is 0 Å². The molecule has 3 rings (SSSR count). The van der Waals surface area contributed by atoms with E-state index in [0.717, 1.165) is 64.3 Å². The topological polar surface area (TPSA) is 68.0 Å². The fourth-order valence-corrected chi connectivity index (χ4v) is 3.76. The Balaban J connectivity index is 1.48. The summed E-state index contributed by atoms with van der Waals surface area (Å²) in [5, 5.41) is 0.514. The van der Waals surface area contributed by atoms with Crippen LogP contribution < -0.4 is 10.5 Å². The lowest BCUT2D eigenvalue weighted by Gasteiger charge is -2.40. The maximum Gasteiger partial charge on any atom is 0.255 e. The Morgan fingerprint density at radius 2 is 1.96 bits per heavy atom. The van der Waals surface area contributed by atoms with Crippen LogP contribution in [0.4, 0.5) is 0 Å². The molecule has 0 aromatic heterocycles. The van der Waals surface area contributed by atoms with E-state index in [1.807, 2.05) is 12.1 Å². The molecule has 0 atom stereocenters. The molecule has 7 heteroatoms. The fraction of sp³-hybridized carbons (Fsp3) is 0.611. The molecule has 2 heterocycles. The quantitative estimate of drug-likeness (QED) is 0.825. The molecule has 0 aliphatic carbocycles. The van der Waals surface area contributed by atoms with Crippen LogP contribution in [0.25, 0.3) is 0 Å². The van der Waals surface area contributed by atoms with Crippen LogP contribution in [-0.2, 0) is 16.1 Å². The third-order valence-electron chi connectivity index (χ3n) is 4.89. The van der Waals surface area contributed by atoms with Crippen molar-refractivity contribution >= 4 is 17.5 Å². The largest absolute Gasteiger partial charge is 0.482 e. The van der Waals surface area contributed by atoms with Gasteiger partial charge in [0.15, 0.2) is 6.61 Å². The number of halogens is 1. The lowest BCUT2D eigenvalue weighted by Crippen LogP contribution is -2.51. The molecular formula is C18H26ClN3O3. The molecule has 2 saturated heterocycles. The van der Waals surface area contributed by atoms with Crippen molar-refractivity contribution in [3.05, 3.63) is 28.8 Å². The second-order valence-corrected chi connectivity index (χ2v) is 7.08. The van der Waals surface area contributed by atoms with E-state index >= 15 is 0 Å². The van der Waals surface area contributed by atoms with Gasteiger partial charge < -0.3 is 15.2 Å². The molecular weight excluding hydrogens is 342 g/mol. The lowest BCUT2D eigenvalue weighted by molar-refractivity contribution is -0.119. The van der Waals surface area contributed by atoms with Crippen molar-refractivity contribution in [2.24, 2.45) is 5.73 Å². The highest BCUT2D eigenvalue weighted by atomic mass is 35.5. The number of carbonyl (C=O) groups excluding carboxylic acids is 1. The normalized spacial score (nSPS) is 20.5. The van der Waals surface area contributed by atoms with Crippen LogP contribution >= 0.6 is 11.6 Å². The van der Waals surface area contributed by atoms with E-state index in [4.69, 9.17) is 26.8 Å². The third-order valence-corrected chi connectivity index (χ3v) is 5.18. The second kappa shape index (κ2) is 8.85. The molecule has 1 aromatic rings. The number of hydrogen-bond acceptors (Lipinski definition) is 5. The summed E-state index contributed by atoms with van der Waals surface area (Å²) in [4.78, 5) is 15.8. The number of nitrogens with zero attached hydrogens (tertiary/aromatic N) is 2. The SMILES string of the molecule is NC(=O)COc1ccc(CN2CCN(C3CCOCC3)CC2)cc1Cl. The summed E-state index contributed by atoms with van der Waals surface area (Å²) < 4.78 is 10.7. The van der Waals surface area contributed by atoms with E-state index in [9.17, 15) is 4.79 Å². The van der Waals surface area contributed by atoms with Gasteiger partial charge in [-0.25, -0.2) is 0 Å². The smallest absolute Gasteiger partial charge is 0.255 e. The Hall–Kier alpha value is -1.34. The van der Waals surface area contributed by atoms with Crippen LogP contribution in [-0.4, -0.2) is 67.7 Å². The number of rotatable bonds is 6. The molecule has 6 nitrogen and oxygen atoms in total. The van der Waals surface area contributed by atoms with Gasteiger partial charge in [0, 0.05) is 52.0 Å². The Kier molecular flexibility index (Phi) is 6.53. The number of hydrogen-bond donors (Lipinski definition) is 1. The van der Waals surface area contributed by atoms with Gasteiger partial charge in [-0.2, -0.15) is 0 Å². The van der Waals surface area contributed by atoms with Crippen LogP contribution in [0.5, 0.6) is 5.75 Å². The molecule has 2 fully saturated rings. The number of primary amides is 1. The van der Waals surface area contributed by atoms with E-state index in [1.165, 1.54) is 0 Å². The van der Waals surface area contributed by atoms with Gasteiger partial charge in [-0.05, 0) is 30.5 Å². The first-order valence-corrected chi connectivity index (χ1v) is 9.23. The summed E-state index contributed by atoms with van der Waals surface area (Å²) in [5.74, 6) is -0.0175. The number of ether oxygens (including phenoxy) is 2. The fourth-order valence-electron chi connectivity index (χ4n) is 3.50. The van der Waals surface area contributed by atoms with E-state index in [1.54, 1.807) is 6.07 Å². The molecule has 1 amide bonds. The van der Waals surface area contributed by atoms with E-state index in [2.05, 4.69) is 9.80 Å². The minimum Gasteiger partial charge on any atom is -0.482 e. The summed E-state index contributed by atoms with van der Waals surface area (Å²) in [6, 6.07) is 6.39. The minimum atomic E-state index is -0.512. The summed E-state index contributed by atoms with van der Waals surface area (Å²) in [5.41, 5.74) is 6.23. The summed E-state index contributed by atoms with van der Waals surface area (Å²) in [7, 11) is 0. The highest BCUT2D eigenvalue weighted by molar-refractivity contribution is 6.32. The van der Waals surface area contributed by atoms with Crippen molar-refractivity contribution in [3.63, 3.8) is 0 Å². The zero-order valence-electron chi connectivity index (χ0n) is 14.5. The maximum atomic E-state index is 10.8. The molecule has 138 valence electrons. The average Bonchev–Trinajstić information content (AvgIpc) is 2.62. The zero-order valence-corrected chi connectivity index (χ0v) is 15.2. The van der Waals surface area contributed by atoms with Gasteiger partial charge in [-0.15, -0.1) is 0 Å². The molecule has 0 radical (unpaired) electrons. The molecule has 0 spiro atoms. The number of nitrogens with two attached hydrogens (primary N) is 1. The molecule has 0 unspecified atom stereocenters.